The van der Waals surface area contributed by atoms with Crippen LogP contribution in [0.5, 0.6) is 0 Å². The minimum absolute atomic E-state index is 0.112. The largest absolute Gasteiger partial charge is 0.416 e. The zero-order valence-electron chi connectivity index (χ0n) is 9.71. The third kappa shape index (κ3) is 1.99. The molecule has 0 N–H and O–H groups in total. The van der Waals surface area contributed by atoms with Crippen molar-refractivity contribution in [1.82, 2.24) is 14.6 Å². The molecule has 3 nitrogen and oxygen atoms in total. The van der Waals surface area contributed by atoms with Crippen LogP contribution in [0, 0.1) is 6.92 Å². The van der Waals surface area contributed by atoms with Crippen LogP contribution in [0.3, 0.4) is 0 Å². The summed E-state index contributed by atoms with van der Waals surface area (Å²) in [6.07, 6.45) is -4.35. The zero-order chi connectivity index (χ0) is 12.8. The molecule has 0 atom stereocenters. The Morgan fingerprint density at radius 1 is 1.18 bits per heavy atom. The lowest BCUT2D eigenvalue weighted by Crippen LogP contribution is -2.08. The Balaban J connectivity index is 2.70. The topological polar surface area (TPSA) is 30.2 Å². The van der Waals surface area contributed by atoms with Crippen LogP contribution < -0.4 is 0 Å². The van der Waals surface area contributed by atoms with E-state index in [2.05, 4.69) is 10.2 Å². The van der Waals surface area contributed by atoms with E-state index in [1.54, 1.807) is 11.3 Å². The van der Waals surface area contributed by atoms with Gasteiger partial charge in [0.2, 0.25) is 0 Å². The maximum atomic E-state index is 12.6. The summed E-state index contributed by atoms with van der Waals surface area (Å²) in [4.78, 5) is 0. The van der Waals surface area contributed by atoms with Crippen LogP contribution in [0.4, 0.5) is 13.2 Å². The average molecular weight is 243 g/mol. The molecule has 0 amide bonds. The number of hydrogen-bond acceptors (Lipinski definition) is 2. The first-order valence-corrected chi connectivity index (χ1v) is 5.23. The fourth-order valence-corrected chi connectivity index (χ4v) is 1.77. The van der Waals surface area contributed by atoms with Crippen molar-refractivity contribution >= 4 is 5.65 Å². The van der Waals surface area contributed by atoms with Gasteiger partial charge in [-0.05, 0) is 19.1 Å². The summed E-state index contributed by atoms with van der Waals surface area (Å²) in [6, 6.07) is 2.13. The fourth-order valence-electron chi connectivity index (χ4n) is 1.77. The van der Waals surface area contributed by atoms with E-state index in [1.165, 1.54) is 0 Å². The summed E-state index contributed by atoms with van der Waals surface area (Å²) in [7, 11) is 0. The summed E-state index contributed by atoms with van der Waals surface area (Å²) in [6.45, 7) is 5.47. The number of nitrogens with zero attached hydrogens (tertiary/aromatic N) is 3. The number of aromatic nitrogens is 3. The Morgan fingerprint density at radius 2 is 1.82 bits per heavy atom. The van der Waals surface area contributed by atoms with Crippen LogP contribution >= 0.6 is 0 Å². The van der Waals surface area contributed by atoms with Crippen LogP contribution in [0.2, 0.25) is 0 Å². The monoisotopic (exact) mass is 243 g/mol. The summed E-state index contributed by atoms with van der Waals surface area (Å²) in [5.74, 6) is 0.784. The number of aryl methyl sites for hydroxylation is 1. The van der Waals surface area contributed by atoms with Gasteiger partial charge in [0, 0.05) is 11.6 Å². The second-order valence-corrected chi connectivity index (χ2v) is 4.29. The van der Waals surface area contributed by atoms with Gasteiger partial charge in [0.05, 0.1) is 5.56 Å². The molecule has 0 unspecified atom stereocenters. The zero-order valence-corrected chi connectivity index (χ0v) is 9.71. The smallest absolute Gasteiger partial charge is 0.283 e. The lowest BCUT2D eigenvalue weighted by Gasteiger charge is -2.10. The van der Waals surface area contributed by atoms with Gasteiger partial charge in [0.1, 0.15) is 5.82 Å². The molecular weight excluding hydrogens is 231 g/mol. The van der Waals surface area contributed by atoms with Crippen molar-refractivity contribution in [1.29, 1.82) is 0 Å². The molecule has 0 aromatic carbocycles. The van der Waals surface area contributed by atoms with Crippen molar-refractivity contribution in [3.8, 4) is 0 Å². The van der Waals surface area contributed by atoms with E-state index in [0.717, 1.165) is 12.1 Å². The van der Waals surface area contributed by atoms with Crippen molar-refractivity contribution in [2.24, 2.45) is 0 Å². The van der Waals surface area contributed by atoms with Gasteiger partial charge < -0.3 is 0 Å². The molecule has 0 aliphatic carbocycles. The molecule has 0 saturated heterocycles. The van der Waals surface area contributed by atoms with E-state index in [4.69, 9.17) is 0 Å². The van der Waals surface area contributed by atoms with Crippen molar-refractivity contribution in [2.75, 3.05) is 0 Å². The molecule has 2 heterocycles. The van der Waals surface area contributed by atoms with Crippen LogP contribution in [0.25, 0.3) is 5.65 Å². The molecule has 0 aliphatic heterocycles. The highest BCUT2D eigenvalue weighted by Crippen LogP contribution is 2.31. The van der Waals surface area contributed by atoms with Crippen LogP contribution in [0.1, 0.15) is 36.8 Å². The predicted octanol–water partition coefficient (Wildman–Crippen LogP) is 3.18. The number of pyridine rings is 1. The number of rotatable bonds is 1. The fraction of sp³-hybridized carbons (Fsp3) is 0.455. The number of alkyl halides is 3. The van der Waals surface area contributed by atoms with Gasteiger partial charge in [-0.15, -0.1) is 10.2 Å². The maximum absolute atomic E-state index is 12.6. The molecule has 92 valence electrons. The van der Waals surface area contributed by atoms with Gasteiger partial charge in [0.25, 0.3) is 0 Å². The number of hydrogen-bond donors (Lipinski definition) is 0. The van der Waals surface area contributed by atoms with Crippen molar-refractivity contribution < 1.29 is 13.2 Å². The highest BCUT2D eigenvalue weighted by Gasteiger charge is 2.31. The Kier molecular flexibility index (Phi) is 2.60. The number of fused-ring (bicyclic) bond motifs is 1. The van der Waals surface area contributed by atoms with Gasteiger partial charge in [-0.1, -0.05) is 13.8 Å². The van der Waals surface area contributed by atoms with Gasteiger partial charge in [-0.3, -0.25) is 4.40 Å². The lowest BCUT2D eigenvalue weighted by atomic mass is 10.2. The highest BCUT2D eigenvalue weighted by atomic mass is 19.4. The molecule has 2 rings (SSSR count). The molecule has 0 saturated carbocycles. The molecule has 0 bridgehead atoms. The SMILES string of the molecule is Cc1cc(C(F)(F)F)cc2nnc(C(C)C)n12. The van der Waals surface area contributed by atoms with Gasteiger partial charge in [-0.2, -0.15) is 13.2 Å². The second-order valence-electron chi connectivity index (χ2n) is 4.29. The molecule has 0 fully saturated rings. The Hall–Kier alpha value is -1.59. The van der Waals surface area contributed by atoms with E-state index in [9.17, 15) is 13.2 Å². The van der Waals surface area contributed by atoms with Crippen LogP contribution in [0.15, 0.2) is 12.1 Å². The van der Waals surface area contributed by atoms with E-state index >= 15 is 0 Å². The quantitative estimate of drug-likeness (QED) is 0.770. The third-order valence-corrected chi connectivity index (χ3v) is 2.56. The van der Waals surface area contributed by atoms with Crippen LogP contribution in [-0.2, 0) is 6.18 Å². The third-order valence-electron chi connectivity index (χ3n) is 2.56. The highest BCUT2D eigenvalue weighted by molar-refractivity contribution is 5.45. The summed E-state index contributed by atoms with van der Waals surface area (Å²) in [5, 5.41) is 7.71. The first-order chi connectivity index (χ1) is 7.80. The minimum Gasteiger partial charge on any atom is -0.283 e. The molecule has 0 radical (unpaired) electrons. The molecule has 0 spiro atoms. The molecule has 0 aliphatic rings. The Labute approximate surface area is 96.3 Å². The average Bonchev–Trinajstić information content (AvgIpc) is 2.60. The maximum Gasteiger partial charge on any atom is 0.416 e. The minimum atomic E-state index is -4.35. The van der Waals surface area contributed by atoms with Gasteiger partial charge in [-0.25, -0.2) is 0 Å². The second kappa shape index (κ2) is 3.72. The standard InChI is InChI=1S/C11H12F3N3/c1-6(2)10-16-15-9-5-8(11(12,13)14)4-7(3)17(9)10/h4-6H,1-3H3. The lowest BCUT2D eigenvalue weighted by molar-refractivity contribution is -0.137. The first kappa shape index (κ1) is 11.9. The molecular formula is C11H12F3N3. The molecule has 2 aromatic heterocycles. The van der Waals surface area contributed by atoms with E-state index < -0.39 is 11.7 Å². The van der Waals surface area contributed by atoms with Gasteiger partial charge in [0.15, 0.2) is 5.65 Å². The first-order valence-electron chi connectivity index (χ1n) is 5.23. The van der Waals surface area contributed by atoms with Gasteiger partial charge >= 0.3 is 6.18 Å². The van der Waals surface area contributed by atoms with Crippen LogP contribution in [-0.4, -0.2) is 14.6 Å². The Morgan fingerprint density at radius 3 is 2.35 bits per heavy atom. The van der Waals surface area contributed by atoms with Crippen molar-refractivity contribution in [2.45, 2.75) is 32.9 Å². The normalized spacial score (nSPS) is 12.6. The van der Waals surface area contributed by atoms with E-state index in [1.807, 2.05) is 13.8 Å². The van der Waals surface area contributed by atoms with E-state index in [-0.39, 0.29) is 11.6 Å². The predicted molar refractivity (Wildman–Crippen MR) is 56.8 cm³/mol. The molecule has 2 aromatic rings. The summed E-state index contributed by atoms with van der Waals surface area (Å²) >= 11 is 0. The Bertz CT molecular complexity index is 555. The van der Waals surface area contributed by atoms with Crippen molar-refractivity contribution in [3.63, 3.8) is 0 Å². The molecule has 6 heteroatoms. The van der Waals surface area contributed by atoms with Crippen molar-refractivity contribution in [3.05, 3.63) is 29.2 Å². The summed E-state index contributed by atoms with van der Waals surface area (Å²) in [5.41, 5.74) is 0.0368. The van der Waals surface area contributed by atoms with E-state index in [0.29, 0.717) is 11.5 Å². The number of halogens is 3. The molecule has 17 heavy (non-hydrogen) atoms. The summed E-state index contributed by atoms with van der Waals surface area (Å²) < 4.78 is 39.5.